The highest BCUT2D eigenvalue weighted by Gasteiger charge is 2.16. The summed E-state index contributed by atoms with van der Waals surface area (Å²) in [6.45, 7) is 1.21. The second-order valence-corrected chi connectivity index (χ2v) is 4.17. The molecule has 2 nitrogen and oxygen atoms in total. The molecule has 0 aliphatic carbocycles. The lowest BCUT2D eigenvalue weighted by atomic mass is 10.3. The molecule has 0 aliphatic heterocycles. The summed E-state index contributed by atoms with van der Waals surface area (Å²) in [4.78, 5) is 10.7. The van der Waals surface area contributed by atoms with Gasteiger partial charge in [-0.25, -0.2) is 8.78 Å². The van der Waals surface area contributed by atoms with Crippen LogP contribution in [0.1, 0.15) is 6.92 Å². The number of anilines is 1. The Kier molecular flexibility index (Phi) is 3.60. The van der Waals surface area contributed by atoms with Crippen molar-refractivity contribution in [1.29, 1.82) is 0 Å². The van der Waals surface area contributed by atoms with E-state index in [1.165, 1.54) is 6.92 Å². The second kappa shape index (κ2) is 4.35. The molecule has 0 atom stereocenters. The molecule has 76 valence electrons. The number of rotatable bonds is 1. The molecule has 0 saturated heterocycles. The van der Waals surface area contributed by atoms with Crippen LogP contribution in [0, 0.1) is 11.6 Å². The Labute approximate surface area is 95.9 Å². The van der Waals surface area contributed by atoms with E-state index in [2.05, 4.69) is 37.2 Å². The second-order valence-electron chi connectivity index (χ2n) is 2.52. The van der Waals surface area contributed by atoms with E-state index in [0.29, 0.717) is 0 Å². The minimum atomic E-state index is -0.714. The summed E-state index contributed by atoms with van der Waals surface area (Å²) >= 11 is 5.68. The molecule has 6 heteroatoms. The highest BCUT2D eigenvalue weighted by Crippen LogP contribution is 2.33. The predicted molar refractivity (Wildman–Crippen MR) is 56.1 cm³/mol. The quantitative estimate of drug-likeness (QED) is 0.786. The Hall–Kier alpha value is -0.490. The number of carbonyl (C=O) groups is 1. The fourth-order valence-electron chi connectivity index (χ4n) is 0.859. The van der Waals surface area contributed by atoms with Gasteiger partial charge in [0.25, 0.3) is 0 Å². The summed E-state index contributed by atoms with van der Waals surface area (Å²) in [5.74, 6) is -1.84. The molecule has 0 bridgehead atoms. The molecule has 0 aliphatic rings. The van der Waals surface area contributed by atoms with Crippen molar-refractivity contribution in [2.45, 2.75) is 6.92 Å². The molecule has 1 aromatic carbocycles. The van der Waals surface area contributed by atoms with Crippen LogP contribution in [0.4, 0.5) is 14.5 Å². The molecule has 0 spiro atoms. The molecule has 1 aromatic rings. The maximum absolute atomic E-state index is 13.3. The molecular formula is C8H5Br2F2NO. The third-order valence-corrected chi connectivity index (χ3v) is 2.77. The third kappa shape index (κ3) is 2.30. The van der Waals surface area contributed by atoms with Gasteiger partial charge in [0, 0.05) is 6.92 Å². The van der Waals surface area contributed by atoms with Crippen molar-refractivity contribution < 1.29 is 13.6 Å². The Morgan fingerprint density at radius 2 is 2.00 bits per heavy atom. The van der Waals surface area contributed by atoms with E-state index in [9.17, 15) is 13.6 Å². The Bertz CT molecular complexity index is 369. The molecule has 14 heavy (non-hydrogen) atoms. The summed E-state index contributed by atoms with van der Waals surface area (Å²) in [5, 5.41) is 2.19. The fourth-order valence-corrected chi connectivity index (χ4v) is 1.65. The Balaban J connectivity index is 3.31. The van der Waals surface area contributed by atoms with Gasteiger partial charge < -0.3 is 5.32 Å². The molecule has 0 fully saturated rings. The van der Waals surface area contributed by atoms with Gasteiger partial charge in [0.1, 0.15) is 5.82 Å². The van der Waals surface area contributed by atoms with Crippen LogP contribution >= 0.6 is 31.9 Å². The minimum absolute atomic E-state index is 0.0399. The number of hydrogen-bond acceptors (Lipinski definition) is 1. The minimum Gasteiger partial charge on any atom is -0.323 e. The number of hydrogen-bond donors (Lipinski definition) is 1. The standard InChI is InChI=1S/C8H5Br2F2NO/c1-3(14)13-8-6(10)5(11)2-4(9)7(8)12/h2H,1H3,(H,13,14). The average molecular weight is 329 g/mol. The first kappa shape index (κ1) is 11.6. The Morgan fingerprint density at radius 1 is 1.43 bits per heavy atom. The summed E-state index contributed by atoms with van der Waals surface area (Å²) < 4.78 is 26.3. The van der Waals surface area contributed by atoms with Crippen molar-refractivity contribution in [3.05, 3.63) is 26.6 Å². The SMILES string of the molecule is CC(=O)Nc1c(F)c(Br)cc(F)c1Br. The summed E-state index contributed by atoms with van der Waals surface area (Å²) in [6.07, 6.45) is 0. The van der Waals surface area contributed by atoms with Gasteiger partial charge in [-0.3, -0.25) is 4.79 Å². The fraction of sp³-hybridized carbons (Fsp3) is 0.125. The summed E-state index contributed by atoms with van der Waals surface area (Å²) in [6, 6.07) is 0.977. The number of amides is 1. The average Bonchev–Trinajstić information content (AvgIpc) is 2.09. The van der Waals surface area contributed by atoms with E-state index in [1.807, 2.05) is 0 Å². The van der Waals surface area contributed by atoms with Crippen molar-refractivity contribution in [1.82, 2.24) is 0 Å². The van der Waals surface area contributed by atoms with Gasteiger partial charge in [0.05, 0.1) is 14.6 Å². The van der Waals surface area contributed by atoms with Crippen LogP contribution in [0.5, 0.6) is 0 Å². The van der Waals surface area contributed by atoms with Crippen LogP contribution in [0.2, 0.25) is 0 Å². The third-order valence-electron chi connectivity index (χ3n) is 1.41. The number of benzene rings is 1. The molecule has 0 aromatic heterocycles. The molecule has 0 heterocycles. The van der Waals surface area contributed by atoms with Crippen LogP contribution in [-0.2, 0) is 4.79 Å². The lowest BCUT2D eigenvalue weighted by Crippen LogP contribution is -2.09. The molecule has 0 saturated carbocycles. The van der Waals surface area contributed by atoms with Crippen molar-refractivity contribution in [3.8, 4) is 0 Å². The lowest BCUT2D eigenvalue weighted by molar-refractivity contribution is -0.114. The van der Waals surface area contributed by atoms with Crippen LogP contribution in [-0.4, -0.2) is 5.91 Å². The maximum atomic E-state index is 13.3. The number of halogens is 4. The summed E-state index contributed by atoms with van der Waals surface area (Å²) in [5.41, 5.74) is -0.204. The van der Waals surface area contributed by atoms with Crippen molar-refractivity contribution in [3.63, 3.8) is 0 Å². The normalized spacial score (nSPS) is 10.1. The topological polar surface area (TPSA) is 29.1 Å². The van der Waals surface area contributed by atoms with E-state index in [1.54, 1.807) is 0 Å². The van der Waals surface area contributed by atoms with E-state index in [-0.39, 0.29) is 14.6 Å². The highest BCUT2D eigenvalue weighted by atomic mass is 79.9. The van der Waals surface area contributed by atoms with Gasteiger partial charge in [-0.05, 0) is 37.9 Å². The number of nitrogens with one attached hydrogen (secondary N) is 1. The smallest absolute Gasteiger partial charge is 0.221 e. The van der Waals surface area contributed by atoms with E-state index < -0.39 is 17.5 Å². The zero-order valence-electron chi connectivity index (χ0n) is 7.00. The van der Waals surface area contributed by atoms with Crippen LogP contribution in [0.15, 0.2) is 15.0 Å². The maximum Gasteiger partial charge on any atom is 0.221 e. The molecule has 1 rings (SSSR count). The van der Waals surface area contributed by atoms with Crippen molar-refractivity contribution in [2.24, 2.45) is 0 Å². The van der Waals surface area contributed by atoms with Gasteiger partial charge in [-0.1, -0.05) is 0 Å². The van der Waals surface area contributed by atoms with Gasteiger partial charge in [0.2, 0.25) is 5.91 Å². The highest BCUT2D eigenvalue weighted by molar-refractivity contribution is 9.11. The molecule has 1 amide bonds. The van der Waals surface area contributed by atoms with E-state index in [0.717, 1.165) is 6.07 Å². The first-order chi connectivity index (χ1) is 6.43. The molecule has 0 radical (unpaired) electrons. The predicted octanol–water partition coefficient (Wildman–Crippen LogP) is 3.45. The molecule has 0 unspecified atom stereocenters. The Morgan fingerprint density at radius 3 is 2.50 bits per heavy atom. The zero-order chi connectivity index (χ0) is 10.9. The number of carbonyl (C=O) groups excluding carboxylic acids is 1. The van der Waals surface area contributed by atoms with Gasteiger partial charge in [-0.2, -0.15) is 0 Å². The van der Waals surface area contributed by atoms with Crippen molar-refractivity contribution >= 4 is 43.5 Å². The lowest BCUT2D eigenvalue weighted by Gasteiger charge is -2.08. The molecular weight excluding hydrogens is 324 g/mol. The van der Waals surface area contributed by atoms with Gasteiger partial charge >= 0.3 is 0 Å². The van der Waals surface area contributed by atoms with E-state index >= 15 is 0 Å². The summed E-state index contributed by atoms with van der Waals surface area (Å²) in [7, 11) is 0. The molecule has 1 N–H and O–H groups in total. The monoisotopic (exact) mass is 327 g/mol. The largest absolute Gasteiger partial charge is 0.323 e. The first-order valence-corrected chi connectivity index (χ1v) is 5.12. The van der Waals surface area contributed by atoms with Gasteiger partial charge in [-0.15, -0.1) is 0 Å². The van der Waals surface area contributed by atoms with Crippen LogP contribution in [0.25, 0.3) is 0 Å². The van der Waals surface area contributed by atoms with Crippen LogP contribution in [0.3, 0.4) is 0 Å². The van der Waals surface area contributed by atoms with Gasteiger partial charge in [0.15, 0.2) is 5.82 Å². The van der Waals surface area contributed by atoms with Crippen molar-refractivity contribution in [2.75, 3.05) is 5.32 Å². The van der Waals surface area contributed by atoms with Crippen LogP contribution < -0.4 is 5.32 Å². The first-order valence-electron chi connectivity index (χ1n) is 3.54. The van der Waals surface area contributed by atoms with E-state index in [4.69, 9.17) is 0 Å². The zero-order valence-corrected chi connectivity index (χ0v) is 10.2.